The maximum absolute atomic E-state index is 12.6. The van der Waals surface area contributed by atoms with E-state index in [0.717, 1.165) is 26.2 Å². The van der Waals surface area contributed by atoms with Gasteiger partial charge >= 0.3 is 0 Å². The summed E-state index contributed by atoms with van der Waals surface area (Å²) < 4.78 is 1.39. The van der Waals surface area contributed by atoms with E-state index in [1.807, 2.05) is 9.80 Å². The van der Waals surface area contributed by atoms with Crippen molar-refractivity contribution in [1.29, 1.82) is 0 Å². The average Bonchev–Trinajstić information content (AvgIpc) is 3.02. The van der Waals surface area contributed by atoms with E-state index in [2.05, 4.69) is 37.9 Å². The number of carbonyl (C=O) groups excluding carboxylic acids is 2. The lowest BCUT2D eigenvalue weighted by molar-refractivity contribution is -0.131. The van der Waals surface area contributed by atoms with E-state index >= 15 is 0 Å². The molecule has 0 aromatic carbocycles. The molecular weight excluding hydrogens is 420 g/mol. The second-order valence-electron chi connectivity index (χ2n) is 9.20. The fraction of sp³-hybridized carbons (Fsp3) is 0.800. The van der Waals surface area contributed by atoms with Crippen molar-refractivity contribution >= 4 is 35.3 Å². The van der Waals surface area contributed by atoms with Gasteiger partial charge in [0, 0.05) is 26.2 Å². The molecule has 0 spiro atoms. The van der Waals surface area contributed by atoms with Crippen LogP contribution in [0.25, 0.3) is 0 Å². The van der Waals surface area contributed by atoms with E-state index in [0.29, 0.717) is 45.5 Å². The van der Waals surface area contributed by atoms with Gasteiger partial charge in [-0.15, -0.1) is 10.2 Å². The van der Waals surface area contributed by atoms with Crippen molar-refractivity contribution in [2.24, 2.45) is 23.7 Å². The first-order valence-corrected chi connectivity index (χ1v) is 12.7. The standard InChI is InChI=1S/C20H34N6O2S2/c1-13-5-14(2)8-24(7-13)17(27)11-29-19-22-23-20(26(19)21)30-12-18(28)25-9-15(3)6-16(4)10-25/h13-16H,5-12,21H2,1-4H3/t13-,14-,15-,16-/m1/s1. The Labute approximate surface area is 187 Å². The van der Waals surface area contributed by atoms with Gasteiger partial charge in [-0.1, -0.05) is 51.2 Å². The molecule has 10 heteroatoms. The average molecular weight is 455 g/mol. The Bertz CT molecular complexity index is 678. The molecule has 168 valence electrons. The zero-order valence-electron chi connectivity index (χ0n) is 18.4. The van der Waals surface area contributed by atoms with Crippen LogP contribution in [0.4, 0.5) is 0 Å². The molecule has 30 heavy (non-hydrogen) atoms. The number of nitrogen functional groups attached to an aromatic ring is 1. The van der Waals surface area contributed by atoms with Crippen molar-refractivity contribution in [3.63, 3.8) is 0 Å². The zero-order valence-corrected chi connectivity index (χ0v) is 20.0. The van der Waals surface area contributed by atoms with Gasteiger partial charge in [0.1, 0.15) is 0 Å². The van der Waals surface area contributed by atoms with E-state index in [1.165, 1.54) is 41.0 Å². The van der Waals surface area contributed by atoms with Crippen molar-refractivity contribution in [2.75, 3.05) is 43.5 Å². The second-order valence-corrected chi connectivity index (χ2v) is 11.1. The lowest BCUT2D eigenvalue weighted by Crippen LogP contribution is -2.43. The summed E-state index contributed by atoms with van der Waals surface area (Å²) in [6, 6.07) is 0. The molecule has 0 bridgehead atoms. The molecule has 0 unspecified atom stereocenters. The summed E-state index contributed by atoms with van der Waals surface area (Å²) >= 11 is 2.60. The molecule has 3 rings (SSSR count). The topological polar surface area (TPSA) is 97.4 Å². The van der Waals surface area contributed by atoms with E-state index in [-0.39, 0.29) is 11.8 Å². The van der Waals surface area contributed by atoms with Crippen LogP contribution in [0, 0.1) is 23.7 Å². The first-order valence-electron chi connectivity index (χ1n) is 10.7. The third-order valence-corrected chi connectivity index (χ3v) is 7.58. The van der Waals surface area contributed by atoms with Gasteiger partial charge in [-0.25, -0.2) is 4.68 Å². The first-order chi connectivity index (χ1) is 14.2. The minimum absolute atomic E-state index is 0.110. The summed E-state index contributed by atoms with van der Waals surface area (Å²) in [4.78, 5) is 29.0. The fourth-order valence-corrected chi connectivity index (χ4v) is 6.21. The molecule has 2 aliphatic heterocycles. The molecule has 2 aliphatic rings. The normalized spacial score (nSPS) is 27.3. The Hall–Kier alpha value is -1.42. The number of thioether (sulfide) groups is 2. The summed E-state index contributed by atoms with van der Waals surface area (Å²) in [5.74, 6) is 9.07. The SMILES string of the molecule is C[C@@H]1C[C@@H](C)CN(C(=O)CSc2nnc(SCC(=O)N3C[C@H](C)C[C@@H](C)C3)n2N)C1. The van der Waals surface area contributed by atoms with Gasteiger partial charge in [-0.3, -0.25) is 9.59 Å². The van der Waals surface area contributed by atoms with E-state index in [1.54, 1.807) is 0 Å². The van der Waals surface area contributed by atoms with Crippen LogP contribution < -0.4 is 5.84 Å². The predicted octanol–water partition coefficient (Wildman–Crippen LogP) is 2.19. The monoisotopic (exact) mass is 454 g/mol. The number of nitrogens with zero attached hydrogens (tertiary/aromatic N) is 5. The first kappa shape index (κ1) is 23.2. The molecule has 0 aliphatic carbocycles. The van der Waals surface area contributed by atoms with Crippen LogP contribution in [0.3, 0.4) is 0 Å². The van der Waals surface area contributed by atoms with Crippen LogP contribution in [0.2, 0.25) is 0 Å². The van der Waals surface area contributed by atoms with Crippen LogP contribution in [0.5, 0.6) is 0 Å². The molecule has 2 N–H and O–H groups in total. The van der Waals surface area contributed by atoms with Crippen LogP contribution in [-0.4, -0.2) is 74.2 Å². The highest BCUT2D eigenvalue weighted by Crippen LogP contribution is 2.26. The fourth-order valence-electron chi connectivity index (χ4n) is 4.63. The van der Waals surface area contributed by atoms with Gasteiger partial charge in [0.25, 0.3) is 0 Å². The molecule has 8 nitrogen and oxygen atoms in total. The van der Waals surface area contributed by atoms with Gasteiger partial charge in [0.05, 0.1) is 11.5 Å². The number of carbonyl (C=O) groups is 2. The number of nitrogens with two attached hydrogens (primary N) is 1. The predicted molar refractivity (Wildman–Crippen MR) is 121 cm³/mol. The van der Waals surface area contributed by atoms with Crippen molar-refractivity contribution in [3.05, 3.63) is 0 Å². The molecule has 1 aromatic rings. The van der Waals surface area contributed by atoms with Gasteiger partial charge in [-0.2, -0.15) is 0 Å². The minimum atomic E-state index is 0.110. The quantitative estimate of drug-likeness (QED) is 0.520. The maximum atomic E-state index is 12.6. The Morgan fingerprint density at radius 1 is 0.800 bits per heavy atom. The molecule has 1 aromatic heterocycles. The number of amides is 2. The van der Waals surface area contributed by atoms with E-state index in [4.69, 9.17) is 5.84 Å². The number of hydrogen-bond acceptors (Lipinski definition) is 7. The van der Waals surface area contributed by atoms with Crippen LogP contribution in [0.15, 0.2) is 10.3 Å². The van der Waals surface area contributed by atoms with Gasteiger partial charge in [0.15, 0.2) is 0 Å². The summed E-state index contributed by atoms with van der Waals surface area (Å²) in [7, 11) is 0. The minimum Gasteiger partial charge on any atom is -0.341 e. The molecule has 0 saturated carbocycles. The van der Waals surface area contributed by atoms with E-state index in [9.17, 15) is 9.59 Å². The van der Waals surface area contributed by atoms with Crippen molar-refractivity contribution in [2.45, 2.75) is 50.8 Å². The third-order valence-electron chi connectivity index (χ3n) is 5.73. The van der Waals surface area contributed by atoms with E-state index < -0.39 is 0 Å². The van der Waals surface area contributed by atoms with Gasteiger partial charge in [0.2, 0.25) is 22.1 Å². The lowest BCUT2D eigenvalue weighted by atomic mass is 9.92. The van der Waals surface area contributed by atoms with Crippen molar-refractivity contribution in [1.82, 2.24) is 24.7 Å². The van der Waals surface area contributed by atoms with Crippen LogP contribution in [-0.2, 0) is 9.59 Å². The molecule has 0 radical (unpaired) electrons. The number of rotatable bonds is 6. The Morgan fingerprint density at radius 3 is 1.47 bits per heavy atom. The largest absolute Gasteiger partial charge is 0.341 e. The number of aromatic nitrogens is 3. The van der Waals surface area contributed by atoms with Gasteiger partial charge < -0.3 is 15.6 Å². The molecule has 3 heterocycles. The number of piperidine rings is 2. The summed E-state index contributed by atoms with van der Waals surface area (Å²) in [5, 5.41) is 9.22. The number of likely N-dealkylation sites (tertiary alicyclic amines) is 2. The second kappa shape index (κ2) is 10.3. The lowest BCUT2D eigenvalue weighted by Gasteiger charge is -2.35. The molecule has 4 atom stereocenters. The molecule has 2 saturated heterocycles. The summed E-state index contributed by atoms with van der Waals surface area (Å²) in [5.41, 5.74) is 0. The molecule has 2 fully saturated rings. The summed E-state index contributed by atoms with van der Waals surface area (Å²) in [6.07, 6.45) is 2.34. The Morgan fingerprint density at radius 2 is 1.13 bits per heavy atom. The smallest absolute Gasteiger partial charge is 0.233 e. The third kappa shape index (κ3) is 6.06. The zero-order chi connectivity index (χ0) is 21.8. The van der Waals surface area contributed by atoms with Crippen LogP contribution >= 0.6 is 23.5 Å². The summed E-state index contributed by atoms with van der Waals surface area (Å²) in [6.45, 7) is 12.0. The highest BCUT2D eigenvalue weighted by molar-refractivity contribution is 8.00. The van der Waals surface area contributed by atoms with Crippen molar-refractivity contribution < 1.29 is 9.59 Å². The molecular formula is C20H34N6O2S2. The number of hydrogen-bond donors (Lipinski definition) is 1. The van der Waals surface area contributed by atoms with Crippen LogP contribution in [0.1, 0.15) is 40.5 Å². The Balaban J connectivity index is 1.48. The maximum Gasteiger partial charge on any atom is 0.233 e. The van der Waals surface area contributed by atoms with Gasteiger partial charge in [-0.05, 0) is 36.5 Å². The highest BCUT2D eigenvalue weighted by Gasteiger charge is 2.27. The van der Waals surface area contributed by atoms with Crippen molar-refractivity contribution in [3.8, 4) is 0 Å². The Kier molecular flexibility index (Phi) is 7.95. The molecule has 2 amide bonds. The highest BCUT2D eigenvalue weighted by atomic mass is 32.2.